The second-order valence-corrected chi connectivity index (χ2v) is 6.70. The van der Waals surface area contributed by atoms with Crippen molar-refractivity contribution in [3.8, 4) is 0 Å². The molecular formula is C11H16N6O7P-. The second kappa shape index (κ2) is 6.14. The van der Waals surface area contributed by atoms with Crippen LogP contribution in [0.3, 0.4) is 0 Å². The molecule has 0 bridgehead atoms. The van der Waals surface area contributed by atoms with E-state index in [4.69, 9.17) is 25.8 Å². The van der Waals surface area contributed by atoms with Crippen molar-refractivity contribution < 1.29 is 28.3 Å². The van der Waals surface area contributed by atoms with E-state index in [2.05, 4.69) is 19.5 Å². The fourth-order valence-corrected chi connectivity index (χ4v) is 3.03. The predicted molar refractivity (Wildman–Crippen MR) is 80.8 cm³/mol. The number of nitrogens with zero attached hydrogens (tertiary/aromatic N) is 3. The number of aromatic nitrogens is 4. The van der Waals surface area contributed by atoms with Crippen molar-refractivity contribution in [2.45, 2.75) is 24.5 Å². The Balaban J connectivity index is 1.94. The van der Waals surface area contributed by atoms with Crippen LogP contribution in [0.5, 0.6) is 0 Å². The van der Waals surface area contributed by atoms with Gasteiger partial charge in [-0.3, -0.25) is 18.9 Å². The van der Waals surface area contributed by atoms with Crippen LogP contribution in [0, 0.1) is 0 Å². The van der Waals surface area contributed by atoms with Gasteiger partial charge >= 0.3 is 0 Å². The zero-order chi connectivity index (χ0) is 18.4. The first kappa shape index (κ1) is 17.9. The summed E-state index contributed by atoms with van der Waals surface area (Å²) in [7, 11) is -3.69. The zero-order valence-corrected chi connectivity index (χ0v) is 13.9. The number of fused-ring (bicyclic) bond motifs is 1. The van der Waals surface area contributed by atoms with E-state index in [-0.39, 0.29) is 23.5 Å². The van der Waals surface area contributed by atoms with Gasteiger partial charge in [0.2, 0.25) is 5.95 Å². The number of phosphoric ester groups is 1. The van der Waals surface area contributed by atoms with Crippen LogP contribution in [-0.4, -0.2) is 50.0 Å². The van der Waals surface area contributed by atoms with Crippen LogP contribution < -0.4 is 21.9 Å². The third-order valence-corrected chi connectivity index (χ3v) is 4.25. The van der Waals surface area contributed by atoms with Crippen molar-refractivity contribution in [1.29, 1.82) is 0 Å². The molecule has 14 heteroatoms. The highest BCUT2D eigenvalue weighted by Gasteiger charge is 2.47. The van der Waals surface area contributed by atoms with Gasteiger partial charge in [0.1, 0.15) is 6.61 Å². The maximum atomic E-state index is 11.8. The number of nitrogens with one attached hydrogen (secondary N) is 1. The molecule has 1 unspecified atom stereocenters. The Kier molecular flexibility index (Phi) is 4.41. The number of nitrogen functional groups attached to an aromatic ring is 1. The van der Waals surface area contributed by atoms with Crippen molar-refractivity contribution in [3.05, 3.63) is 16.7 Å². The molecule has 0 radical (unpaired) electrons. The smallest absolute Gasteiger partial charge is 0.280 e. The lowest BCUT2D eigenvalue weighted by atomic mass is 10.1. The molecule has 1 aliphatic heterocycles. The van der Waals surface area contributed by atoms with Gasteiger partial charge in [0.05, 0.1) is 12.4 Å². The fourth-order valence-electron chi connectivity index (χ4n) is 2.67. The average Bonchev–Trinajstić information content (AvgIpc) is 3.06. The highest BCUT2D eigenvalue weighted by atomic mass is 31.2. The molecule has 0 aromatic carbocycles. The third-order valence-electron chi connectivity index (χ3n) is 3.79. The standard InChI is InChI=1S/C11H17N6O7P/c1-22-11(3-23-25(19,20)21)2-5(12)9(24-11)17-4-14-6-7(17)15-10(13)16-8(6)18/h4-5,9H,2-3,12H2,1H3,(H2,19,20,21)(H3,13,15,16,18)/p-1/t5-,9+,11-/m0/s1. The Morgan fingerprint density at radius 1 is 1.68 bits per heavy atom. The number of rotatable bonds is 5. The van der Waals surface area contributed by atoms with E-state index in [1.165, 1.54) is 18.0 Å². The third kappa shape index (κ3) is 3.43. The normalized spacial score (nSPS) is 29.1. The number of phosphoric acid groups is 1. The van der Waals surface area contributed by atoms with Gasteiger partial charge < -0.3 is 35.3 Å². The van der Waals surface area contributed by atoms with Gasteiger partial charge in [-0.25, -0.2) is 4.98 Å². The SMILES string of the molecule is CO[C@@]1(COP(=O)([O-])O)C[C@H](N)[C@H](n2cnc3c(=O)[nH]c(N)nc32)O1. The van der Waals surface area contributed by atoms with Gasteiger partial charge in [0.15, 0.2) is 23.2 Å². The fraction of sp³-hybridized carbons (Fsp3) is 0.545. The van der Waals surface area contributed by atoms with Crippen molar-refractivity contribution in [1.82, 2.24) is 19.5 Å². The molecule has 2 aromatic heterocycles. The van der Waals surface area contributed by atoms with Crippen molar-refractivity contribution in [3.63, 3.8) is 0 Å². The van der Waals surface area contributed by atoms with Crippen LogP contribution in [0.15, 0.2) is 11.1 Å². The Bertz CT molecular complexity index is 893. The Morgan fingerprint density at radius 3 is 3.04 bits per heavy atom. The van der Waals surface area contributed by atoms with Crippen LogP contribution in [-0.2, 0) is 18.6 Å². The van der Waals surface area contributed by atoms with Gasteiger partial charge in [-0.05, 0) is 0 Å². The molecule has 3 heterocycles. The van der Waals surface area contributed by atoms with E-state index >= 15 is 0 Å². The minimum absolute atomic E-state index is 0.0376. The van der Waals surface area contributed by atoms with Gasteiger partial charge in [-0.1, -0.05) is 0 Å². The number of anilines is 1. The number of methoxy groups -OCH3 is 1. The molecular weight excluding hydrogens is 359 g/mol. The molecule has 0 saturated carbocycles. The van der Waals surface area contributed by atoms with E-state index in [1.54, 1.807) is 0 Å². The summed E-state index contributed by atoms with van der Waals surface area (Å²) in [5.41, 5.74) is 11.3. The lowest BCUT2D eigenvalue weighted by Crippen LogP contribution is -2.37. The highest BCUT2D eigenvalue weighted by Crippen LogP contribution is 2.41. The molecule has 6 N–H and O–H groups in total. The first-order valence-corrected chi connectivity index (χ1v) is 8.53. The summed E-state index contributed by atoms with van der Waals surface area (Å²) in [4.78, 5) is 41.7. The van der Waals surface area contributed by atoms with Crippen LogP contribution in [0.4, 0.5) is 5.95 Å². The van der Waals surface area contributed by atoms with E-state index in [0.717, 1.165) is 0 Å². The monoisotopic (exact) mass is 375 g/mol. The van der Waals surface area contributed by atoms with E-state index in [0.29, 0.717) is 0 Å². The Hall–Kier alpha value is -1.86. The average molecular weight is 375 g/mol. The van der Waals surface area contributed by atoms with Crippen LogP contribution in [0.2, 0.25) is 0 Å². The molecule has 138 valence electrons. The zero-order valence-electron chi connectivity index (χ0n) is 13.0. The summed E-state index contributed by atoms with van der Waals surface area (Å²) in [5.74, 6) is -1.63. The summed E-state index contributed by atoms with van der Waals surface area (Å²) in [6, 6.07) is -0.673. The van der Waals surface area contributed by atoms with E-state index in [1.807, 2.05) is 0 Å². The molecule has 0 aliphatic carbocycles. The number of hydrogen-bond acceptors (Lipinski definition) is 10. The quantitative estimate of drug-likeness (QED) is 0.411. The maximum Gasteiger partial charge on any atom is 0.280 e. The van der Waals surface area contributed by atoms with Crippen LogP contribution >= 0.6 is 7.82 Å². The molecule has 1 saturated heterocycles. The lowest BCUT2D eigenvalue weighted by Gasteiger charge is -2.29. The first-order valence-electron chi connectivity index (χ1n) is 7.03. The molecule has 0 spiro atoms. The molecule has 1 fully saturated rings. The van der Waals surface area contributed by atoms with Crippen molar-refractivity contribution >= 4 is 24.9 Å². The summed E-state index contributed by atoms with van der Waals surface area (Å²) >= 11 is 0. The lowest BCUT2D eigenvalue weighted by molar-refractivity contribution is -0.260. The molecule has 3 rings (SSSR count). The van der Waals surface area contributed by atoms with Crippen molar-refractivity contribution in [2.75, 3.05) is 19.5 Å². The number of imidazole rings is 1. The molecule has 4 atom stereocenters. The topological polar surface area (TPSA) is 204 Å². The number of H-pyrrole nitrogens is 1. The van der Waals surface area contributed by atoms with Gasteiger partial charge in [-0.2, -0.15) is 4.98 Å². The molecule has 13 nitrogen and oxygen atoms in total. The molecule has 2 aromatic rings. The first-order chi connectivity index (χ1) is 11.6. The highest BCUT2D eigenvalue weighted by molar-refractivity contribution is 7.44. The minimum atomic E-state index is -4.97. The van der Waals surface area contributed by atoms with Gasteiger partial charge in [-0.15, -0.1) is 0 Å². The van der Waals surface area contributed by atoms with Crippen molar-refractivity contribution in [2.24, 2.45) is 5.73 Å². The van der Waals surface area contributed by atoms with Crippen LogP contribution in [0.1, 0.15) is 12.6 Å². The number of aromatic amines is 1. The van der Waals surface area contributed by atoms with Gasteiger partial charge in [0, 0.05) is 13.5 Å². The summed E-state index contributed by atoms with van der Waals surface area (Å²) in [6.45, 7) is -0.603. The predicted octanol–water partition coefficient (Wildman–Crippen LogP) is -2.23. The molecule has 25 heavy (non-hydrogen) atoms. The number of hydrogen-bond donors (Lipinski definition) is 4. The van der Waals surface area contributed by atoms with Crippen LogP contribution in [0.25, 0.3) is 11.2 Å². The van der Waals surface area contributed by atoms with Gasteiger partial charge in [0.25, 0.3) is 13.4 Å². The Morgan fingerprint density at radius 2 is 2.40 bits per heavy atom. The summed E-state index contributed by atoms with van der Waals surface area (Å²) < 4.78 is 27.5. The van der Waals surface area contributed by atoms with E-state index in [9.17, 15) is 14.3 Å². The molecule has 0 amide bonds. The summed E-state index contributed by atoms with van der Waals surface area (Å²) in [6.07, 6.45) is 0.465. The maximum absolute atomic E-state index is 11.8. The second-order valence-electron chi connectivity index (χ2n) is 5.51. The summed E-state index contributed by atoms with van der Waals surface area (Å²) in [5, 5.41) is 0. The number of nitrogens with two attached hydrogens (primary N) is 2. The molecule has 1 aliphatic rings. The largest absolute Gasteiger partial charge is 0.756 e. The van der Waals surface area contributed by atoms with E-state index < -0.39 is 38.0 Å². The Labute approximate surface area is 140 Å². The minimum Gasteiger partial charge on any atom is -0.756 e. The number of ether oxygens (including phenoxy) is 2.